The summed E-state index contributed by atoms with van der Waals surface area (Å²) in [5.41, 5.74) is -0.673. The summed E-state index contributed by atoms with van der Waals surface area (Å²) in [5.74, 6) is 0.157. The van der Waals surface area contributed by atoms with Gasteiger partial charge in [0.05, 0.1) is 5.56 Å². The maximum absolute atomic E-state index is 13.1. The molecule has 1 fully saturated rings. The summed E-state index contributed by atoms with van der Waals surface area (Å²) in [5, 5.41) is 17.9. The predicted octanol–water partition coefficient (Wildman–Crippen LogP) is 4.32. The van der Waals surface area contributed by atoms with Gasteiger partial charge in [0, 0.05) is 36.4 Å². The lowest BCUT2D eigenvalue weighted by molar-refractivity contribution is -0.140. The molecule has 1 aliphatic carbocycles. The van der Waals surface area contributed by atoms with Gasteiger partial charge in [-0.05, 0) is 43.9 Å². The van der Waals surface area contributed by atoms with E-state index in [2.05, 4.69) is 15.6 Å². The molecule has 0 atom stereocenters. The minimum Gasteiger partial charge on any atom is -0.371 e. The van der Waals surface area contributed by atoms with Crippen LogP contribution in [0.25, 0.3) is 16.6 Å². The number of alkyl halides is 3. The number of carbonyl (C=O) groups is 1. The van der Waals surface area contributed by atoms with Crippen LogP contribution in [0.5, 0.6) is 0 Å². The van der Waals surface area contributed by atoms with E-state index in [0.29, 0.717) is 37.1 Å². The van der Waals surface area contributed by atoms with Gasteiger partial charge in [-0.3, -0.25) is 9.20 Å². The SMILES string of the molecule is Cn1cc(C(=O)NC2(O)CCC(Nc3cccc4nc(C(F)(F)F)cn34)CC2)c2ccccc21. The summed E-state index contributed by atoms with van der Waals surface area (Å²) in [6.07, 6.45) is -0.109. The lowest BCUT2D eigenvalue weighted by Crippen LogP contribution is -2.52. The van der Waals surface area contributed by atoms with Crippen molar-refractivity contribution in [2.24, 2.45) is 7.05 Å². The molecule has 0 spiro atoms. The number of nitrogens with zero attached hydrogens (tertiary/aromatic N) is 3. The minimum atomic E-state index is -4.52. The van der Waals surface area contributed by atoms with E-state index in [1.807, 2.05) is 35.9 Å². The highest BCUT2D eigenvalue weighted by Gasteiger charge is 2.36. The molecular formula is C24H24F3N5O2. The molecule has 0 unspecified atom stereocenters. The highest BCUT2D eigenvalue weighted by Crippen LogP contribution is 2.32. The molecule has 0 saturated heterocycles. The van der Waals surface area contributed by atoms with Crippen molar-refractivity contribution in [3.05, 3.63) is 66.1 Å². The third kappa shape index (κ3) is 4.09. The average Bonchev–Trinajstić information content (AvgIpc) is 3.38. The van der Waals surface area contributed by atoms with E-state index < -0.39 is 17.6 Å². The van der Waals surface area contributed by atoms with Crippen LogP contribution in [-0.4, -0.2) is 36.7 Å². The summed E-state index contributed by atoms with van der Waals surface area (Å²) in [7, 11) is 1.86. The van der Waals surface area contributed by atoms with E-state index in [0.717, 1.165) is 17.1 Å². The molecular weight excluding hydrogens is 447 g/mol. The van der Waals surface area contributed by atoms with Gasteiger partial charge in [0.15, 0.2) is 5.69 Å². The van der Waals surface area contributed by atoms with Crippen molar-refractivity contribution in [3.8, 4) is 0 Å². The molecule has 3 heterocycles. The molecule has 0 bridgehead atoms. The second-order valence-electron chi connectivity index (χ2n) is 8.84. The van der Waals surface area contributed by atoms with Crippen molar-refractivity contribution in [3.63, 3.8) is 0 Å². The van der Waals surface area contributed by atoms with Gasteiger partial charge in [-0.2, -0.15) is 13.2 Å². The van der Waals surface area contributed by atoms with Gasteiger partial charge in [-0.15, -0.1) is 0 Å². The van der Waals surface area contributed by atoms with Crippen molar-refractivity contribution in [1.82, 2.24) is 19.3 Å². The minimum absolute atomic E-state index is 0.0722. The maximum Gasteiger partial charge on any atom is 0.434 e. The maximum atomic E-state index is 13.1. The summed E-state index contributed by atoms with van der Waals surface area (Å²) < 4.78 is 42.4. The molecule has 5 rings (SSSR count). The Balaban J connectivity index is 1.26. The summed E-state index contributed by atoms with van der Waals surface area (Å²) in [6, 6.07) is 12.3. The quantitative estimate of drug-likeness (QED) is 0.387. The molecule has 1 amide bonds. The zero-order chi connectivity index (χ0) is 24.1. The van der Waals surface area contributed by atoms with Crippen LogP contribution in [0.2, 0.25) is 0 Å². The topological polar surface area (TPSA) is 83.6 Å². The Morgan fingerprint density at radius 1 is 1.12 bits per heavy atom. The summed E-state index contributed by atoms with van der Waals surface area (Å²) >= 11 is 0. The largest absolute Gasteiger partial charge is 0.434 e. The van der Waals surface area contributed by atoms with Gasteiger partial charge in [-0.1, -0.05) is 24.3 Å². The fourth-order valence-corrected chi connectivity index (χ4v) is 4.64. The van der Waals surface area contributed by atoms with Gasteiger partial charge >= 0.3 is 6.18 Å². The fraction of sp³-hybridized carbons (Fsp3) is 0.333. The lowest BCUT2D eigenvalue weighted by Gasteiger charge is -2.37. The standard InChI is InChI=1S/C24H24F3N5O2/c1-31-13-17(16-5-2-3-6-18(16)31)22(33)30-23(34)11-9-15(10-12-23)28-20-7-4-8-21-29-19(14-32(20)21)24(25,26)27/h2-8,13-15,28,34H,9-12H2,1H3,(H,30,33). The number of benzene rings is 1. The van der Waals surface area contributed by atoms with E-state index in [9.17, 15) is 23.1 Å². The number of aliphatic hydroxyl groups is 1. The number of imidazole rings is 1. The normalized spacial score (nSPS) is 21.1. The van der Waals surface area contributed by atoms with Crippen molar-refractivity contribution in [2.75, 3.05) is 5.32 Å². The van der Waals surface area contributed by atoms with E-state index in [1.165, 1.54) is 10.5 Å². The highest BCUT2D eigenvalue weighted by molar-refractivity contribution is 6.07. The van der Waals surface area contributed by atoms with Crippen LogP contribution < -0.4 is 10.6 Å². The smallest absolute Gasteiger partial charge is 0.371 e. The van der Waals surface area contributed by atoms with Crippen LogP contribution in [0.4, 0.5) is 19.0 Å². The number of anilines is 1. The zero-order valence-electron chi connectivity index (χ0n) is 18.4. The second kappa shape index (κ2) is 8.05. The van der Waals surface area contributed by atoms with Crippen LogP contribution in [0.15, 0.2) is 54.9 Å². The number of halogens is 3. The molecule has 34 heavy (non-hydrogen) atoms. The number of rotatable bonds is 4. The van der Waals surface area contributed by atoms with Crippen LogP contribution in [0, 0.1) is 0 Å². The van der Waals surface area contributed by atoms with Crippen LogP contribution >= 0.6 is 0 Å². The first kappa shape index (κ1) is 22.3. The number of pyridine rings is 1. The van der Waals surface area contributed by atoms with E-state index in [1.54, 1.807) is 18.3 Å². The van der Waals surface area contributed by atoms with Gasteiger partial charge < -0.3 is 20.3 Å². The van der Waals surface area contributed by atoms with E-state index >= 15 is 0 Å². The Labute approximate surface area is 193 Å². The van der Waals surface area contributed by atoms with Crippen molar-refractivity contribution in [2.45, 2.75) is 43.6 Å². The van der Waals surface area contributed by atoms with Crippen molar-refractivity contribution in [1.29, 1.82) is 0 Å². The van der Waals surface area contributed by atoms with E-state index in [4.69, 9.17) is 0 Å². The number of fused-ring (bicyclic) bond motifs is 2. The molecule has 1 saturated carbocycles. The predicted molar refractivity (Wildman–Crippen MR) is 121 cm³/mol. The molecule has 178 valence electrons. The molecule has 1 aliphatic rings. The Bertz CT molecular complexity index is 1370. The van der Waals surface area contributed by atoms with Crippen LogP contribution in [0.1, 0.15) is 41.7 Å². The number of para-hydroxylation sites is 1. The summed E-state index contributed by atoms with van der Waals surface area (Å²) in [4.78, 5) is 16.6. The molecule has 3 N–H and O–H groups in total. The van der Waals surface area contributed by atoms with Gasteiger partial charge in [0.1, 0.15) is 17.2 Å². The number of aromatic nitrogens is 3. The molecule has 0 aliphatic heterocycles. The summed E-state index contributed by atoms with van der Waals surface area (Å²) in [6.45, 7) is 0. The number of hydrogen-bond donors (Lipinski definition) is 3. The van der Waals surface area contributed by atoms with Crippen molar-refractivity contribution < 1.29 is 23.1 Å². The monoisotopic (exact) mass is 471 g/mol. The van der Waals surface area contributed by atoms with Gasteiger partial charge in [0.2, 0.25) is 0 Å². The first-order valence-corrected chi connectivity index (χ1v) is 11.0. The third-order valence-corrected chi connectivity index (χ3v) is 6.44. The van der Waals surface area contributed by atoms with E-state index in [-0.39, 0.29) is 17.6 Å². The van der Waals surface area contributed by atoms with Gasteiger partial charge in [-0.25, -0.2) is 4.98 Å². The Hall–Kier alpha value is -3.53. The highest BCUT2D eigenvalue weighted by atomic mass is 19.4. The molecule has 10 heteroatoms. The second-order valence-corrected chi connectivity index (χ2v) is 8.84. The molecule has 3 aromatic heterocycles. The fourth-order valence-electron chi connectivity index (χ4n) is 4.64. The van der Waals surface area contributed by atoms with Crippen molar-refractivity contribution >= 4 is 28.3 Å². The lowest BCUT2D eigenvalue weighted by atomic mass is 9.87. The Morgan fingerprint density at radius 3 is 2.59 bits per heavy atom. The number of carbonyl (C=O) groups excluding carboxylic acids is 1. The number of hydrogen-bond acceptors (Lipinski definition) is 4. The van der Waals surface area contributed by atoms with Crippen LogP contribution in [-0.2, 0) is 13.2 Å². The Morgan fingerprint density at radius 2 is 1.85 bits per heavy atom. The third-order valence-electron chi connectivity index (χ3n) is 6.44. The zero-order valence-corrected chi connectivity index (χ0v) is 18.4. The molecule has 0 radical (unpaired) electrons. The first-order chi connectivity index (χ1) is 16.1. The number of amides is 1. The number of nitrogens with one attached hydrogen (secondary N) is 2. The first-order valence-electron chi connectivity index (χ1n) is 11.0. The average molecular weight is 471 g/mol. The van der Waals surface area contributed by atoms with Gasteiger partial charge in [0.25, 0.3) is 5.91 Å². The molecule has 1 aromatic carbocycles. The molecule has 4 aromatic rings. The Kier molecular flexibility index (Phi) is 5.27. The number of aryl methyl sites for hydroxylation is 1. The molecule has 7 nitrogen and oxygen atoms in total. The van der Waals surface area contributed by atoms with Crippen LogP contribution in [0.3, 0.4) is 0 Å².